The monoisotopic (exact) mass is 308 g/mol. The molecular formula is C16H24N2O2S. The van der Waals surface area contributed by atoms with Crippen molar-refractivity contribution >= 4 is 10.0 Å². The van der Waals surface area contributed by atoms with Gasteiger partial charge < -0.3 is 5.73 Å². The Kier molecular flexibility index (Phi) is 5.96. The van der Waals surface area contributed by atoms with Crippen LogP contribution >= 0.6 is 0 Å². The van der Waals surface area contributed by atoms with E-state index in [4.69, 9.17) is 5.73 Å². The molecule has 0 aromatic heterocycles. The Balaban J connectivity index is 1.90. The van der Waals surface area contributed by atoms with Crippen molar-refractivity contribution in [1.29, 1.82) is 0 Å². The predicted molar refractivity (Wildman–Crippen MR) is 85.6 cm³/mol. The van der Waals surface area contributed by atoms with Gasteiger partial charge in [0.05, 0.1) is 4.90 Å². The van der Waals surface area contributed by atoms with Crippen LogP contribution in [0.3, 0.4) is 0 Å². The van der Waals surface area contributed by atoms with Gasteiger partial charge in [0.1, 0.15) is 0 Å². The Morgan fingerprint density at radius 3 is 2.48 bits per heavy atom. The van der Waals surface area contributed by atoms with Gasteiger partial charge in [0.2, 0.25) is 10.0 Å². The highest BCUT2D eigenvalue weighted by Crippen LogP contribution is 2.19. The Labute approximate surface area is 127 Å². The average molecular weight is 308 g/mol. The lowest BCUT2D eigenvalue weighted by Gasteiger charge is -2.13. The molecule has 0 atom stereocenters. The Morgan fingerprint density at radius 1 is 1.10 bits per heavy atom. The fourth-order valence-corrected chi connectivity index (χ4v) is 3.59. The molecule has 0 saturated heterocycles. The molecule has 0 spiro atoms. The summed E-state index contributed by atoms with van der Waals surface area (Å²) >= 11 is 0. The molecule has 0 fully saturated rings. The zero-order chi connectivity index (χ0) is 15.1. The zero-order valence-corrected chi connectivity index (χ0v) is 13.2. The van der Waals surface area contributed by atoms with E-state index in [1.54, 1.807) is 12.1 Å². The molecule has 3 N–H and O–H groups in total. The molecule has 0 amide bonds. The summed E-state index contributed by atoms with van der Waals surface area (Å²) in [5, 5.41) is 0. The molecule has 0 aliphatic heterocycles. The first-order valence-corrected chi connectivity index (χ1v) is 9.07. The maximum atomic E-state index is 12.2. The van der Waals surface area contributed by atoms with Crippen LogP contribution in [-0.2, 0) is 16.4 Å². The molecule has 1 aliphatic carbocycles. The van der Waals surface area contributed by atoms with Crippen molar-refractivity contribution < 1.29 is 8.42 Å². The normalized spacial score (nSPS) is 15.8. The van der Waals surface area contributed by atoms with Gasteiger partial charge in [-0.3, -0.25) is 0 Å². The van der Waals surface area contributed by atoms with E-state index in [9.17, 15) is 8.42 Å². The van der Waals surface area contributed by atoms with Crippen molar-refractivity contribution in [2.24, 2.45) is 5.73 Å². The van der Waals surface area contributed by atoms with E-state index in [0.29, 0.717) is 18.0 Å². The minimum absolute atomic E-state index is 0.320. The summed E-state index contributed by atoms with van der Waals surface area (Å²) in [6.45, 7) is 1.04. The molecule has 1 aromatic carbocycles. The van der Waals surface area contributed by atoms with E-state index in [0.717, 1.165) is 31.2 Å². The van der Waals surface area contributed by atoms with Gasteiger partial charge in [0, 0.05) is 6.54 Å². The van der Waals surface area contributed by atoms with Crippen LogP contribution in [0.4, 0.5) is 0 Å². The van der Waals surface area contributed by atoms with E-state index in [1.807, 2.05) is 12.1 Å². The van der Waals surface area contributed by atoms with E-state index in [1.165, 1.54) is 18.4 Å². The molecular weight excluding hydrogens is 284 g/mol. The molecule has 0 saturated carbocycles. The van der Waals surface area contributed by atoms with Crippen LogP contribution in [-0.4, -0.2) is 21.5 Å². The summed E-state index contributed by atoms with van der Waals surface area (Å²) in [6.07, 6.45) is 8.54. The SMILES string of the molecule is NCCc1ccc(S(=O)(=O)NCCC2=CCCCC2)cc1. The highest BCUT2D eigenvalue weighted by atomic mass is 32.2. The third kappa shape index (κ3) is 4.95. The van der Waals surface area contributed by atoms with Crippen molar-refractivity contribution in [3.05, 3.63) is 41.5 Å². The Bertz CT molecular complexity index is 577. The lowest BCUT2D eigenvalue weighted by Crippen LogP contribution is -2.25. The van der Waals surface area contributed by atoms with Gasteiger partial charge in [0.15, 0.2) is 0 Å². The fourth-order valence-electron chi connectivity index (χ4n) is 2.56. The van der Waals surface area contributed by atoms with Gasteiger partial charge >= 0.3 is 0 Å². The van der Waals surface area contributed by atoms with Gasteiger partial charge in [0.25, 0.3) is 0 Å². The standard InChI is InChI=1S/C16H24N2O2S/c17-12-10-15-6-8-16(9-7-15)21(19,20)18-13-11-14-4-2-1-3-5-14/h4,6-9,18H,1-3,5,10-13,17H2. The fraction of sp³-hybridized carbons (Fsp3) is 0.500. The van der Waals surface area contributed by atoms with Gasteiger partial charge in [-0.25, -0.2) is 13.1 Å². The summed E-state index contributed by atoms with van der Waals surface area (Å²) in [5.74, 6) is 0. The van der Waals surface area contributed by atoms with Crippen molar-refractivity contribution in [3.63, 3.8) is 0 Å². The van der Waals surface area contributed by atoms with Crippen molar-refractivity contribution in [2.45, 2.75) is 43.4 Å². The predicted octanol–water partition coefficient (Wildman–Crippen LogP) is 2.36. The van der Waals surface area contributed by atoms with Gasteiger partial charge in [-0.05, 0) is 62.8 Å². The summed E-state index contributed by atoms with van der Waals surface area (Å²) in [6, 6.07) is 6.94. The van der Waals surface area contributed by atoms with Crippen LogP contribution in [0.2, 0.25) is 0 Å². The largest absolute Gasteiger partial charge is 0.330 e. The third-order valence-corrected chi connectivity index (χ3v) is 5.27. The minimum Gasteiger partial charge on any atom is -0.330 e. The second kappa shape index (κ2) is 7.73. The maximum absolute atomic E-state index is 12.2. The molecule has 0 bridgehead atoms. The molecule has 0 heterocycles. The van der Waals surface area contributed by atoms with Crippen molar-refractivity contribution in [2.75, 3.05) is 13.1 Å². The minimum atomic E-state index is -3.40. The molecule has 1 aromatic rings. The lowest BCUT2D eigenvalue weighted by atomic mass is 9.97. The van der Waals surface area contributed by atoms with Crippen molar-refractivity contribution in [3.8, 4) is 0 Å². The van der Waals surface area contributed by atoms with Crippen molar-refractivity contribution in [1.82, 2.24) is 4.72 Å². The van der Waals surface area contributed by atoms with Gasteiger partial charge in [-0.1, -0.05) is 23.8 Å². The third-order valence-electron chi connectivity index (χ3n) is 3.79. The molecule has 0 radical (unpaired) electrons. The number of rotatable bonds is 7. The summed E-state index contributed by atoms with van der Waals surface area (Å²) in [7, 11) is -3.40. The molecule has 116 valence electrons. The average Bonchev–Trinajstić information content (AvgIpc) is 2.49. The number of allylic oxidation sites excluding steroid dienone is 1. The van der Waals surface area contributed by atoms with Crippen LogP contribution in [0.15, 0.2) is 40.8 Å². The van der Waals surface area contributed by atoms with Crippen LogP contribution in [0, 0.1) is 0 Å². The number of hydrogen-bond donors (Lipinski definition) is 2. The van der Waals surface area contributed by atoms with Crippen LogP contribution in [0.1, 0.15) is 37.7 Å². The van der Waals surface area contributed by atoms with Crippen LogP contribution < -0.4 is 10.5 Å². The molecule has 2 rings (SSSR count). The number of benzene rings is 1. The summed E-state index contributed by atoms with van der Waals surface area (Å²) < 4.78 is 27.1. The van der Waals surface area contributed by atoms with Gasteiger partial charge in [-0.15, -0.1) is 0 Å². The molecule has 0 unspecified atom stereocenters. The highest BCUT2D eigenvalue weighted by molar-refractivity contribution is 7.89. The number of nitrogens with two attached hydrogens (primary N) is 1. The van der Waals surface area contributed by atoms with Crippen LogP contribution in [0.25, 0.3) is 0 Å². The molecule has 1 aliphatic rings. The summed E-state index contributed by atoms with van der Waals surface area (Å²) in [5.41, 5.74) is 7.92. The molecule has 21 heavy (non-hydrogen) atoms. The van der Waals surface area contributed by atoms with E-state index < -0.39 is 10.0 Å². The number of sulfonamides is 1. The molecule has 4 nitrogen and oxygen atoms in total. The Morgan fingerprint density at radius 2 is 1.86 bits per heavy atom. The van der Waals surface area contributed by atoms with Gasteiger partial charge in [-0.2, -0.15) is 0 Å². The first kappa shape index (κ1) is 16.2. The second-order valence-electron chi connectivity index (χ2n) is 5.44. The first-order valence-electron chi connectivity index (χ1n) is 7.58. The van der Waals surface area contributed by atoms with E-state index in [2.05, 4.69) is 10.8 Å². The summed E-state index contributed by atoms with van der Waals surface area (Å²) in [4.78, 5) is 0.320. The first-order chi connectivity index (χ1) is 10.1. The lowest BCUT2D eigenvalue weighted by molar-refractivity contribution is 0.579. The number of nitrogens with one attached hydrogen (secondary N) is 1. The maximum Gasteiger partial charge on any atom is 0.240 e. The number of hydrogen-bond acceptors (Lipinski definition) is 3. The van der Waals surface area contributed by atoms with Crippen LogP contribution in [0.5, 0.6) is 0 Å². The highest BCUT2D eigenvalue weighted by Gasteiger charge is 2.13. The van der Waals surface area contributed by atoms with E-state index in [-0.39, 0.29) is 0 Å². The second-order valence-corrected chi connectivity index (χ2v) is 7.21. The Hall–Kier alpha value is -1.17. The quantitative estimate of drug-likeness (QED) is 0.760. The van der Waals surface area contributed by atoms with E-state index >= 15 is 0 Å². The zero-order valence-electron chi connectivity index (χ0n) is 12.3. The molecule has 5 heteroatoms. The smallest absolute Gasteiger partial charge is 0.240 e. The topological polar surface area (TPSA) is 72.2 Å².